The summed E-state index contributed by atoms with van der Waals surface area (Å²) in [6.45, 7) is 9.77. The maximum atomic E-state index is 9.52. The molecular formula is C11H26N4O2+2. The van der Waals surface area contributed by atoms with E-state index < -0.39 is 12.2 Å². The summed E-state index contributed by atoms with van der Waals surface area (Å²) in [6, 6.07) is 0. The Balaban J connectivity index is 4.21. The predicted molar refractivity (Wildman–Crippen MR) is 66.2 cm³/mol. The van der Waals surface area contributed by atoms with Crippen molar-refractivity contribution < 1.29 is 21.7 Å². The van der Waals surface area contributed by atoms with E-state index in [2.05, 4.69) is 24.6 Å². The van der Waals surface area contributed by atoms with Gasteiger partial charge >= 0.3 is 0 Å². The molecule has 0 fully saturated rings. The molecule has 2 atom stereocenters. The highest BCUT2D eigenvalue weighted by Crippen LogP contribution is 1.99. The third-order valence-electron chi connectivity index (χ3n) is 2.44. The summed E-state index contributed by atoms with van der Waals surface area (Å²) in [7, 11) is 0. The van der Waals surface area contributed by atoms with Crippen LogP contribution < -0.4 is 11.5 Å². The summed E-state index contributed by atoms with van der Waals surface area (Å²) in [5.41, 5.74) is 7.28. The normalized spacial score (nSPS) is 13.9. The average Bonchev–Trinajstić information content (AvgIpc) is 2.36. The Labute approximate surface area is 103 Å². The molecule has 0 heterocycles. The Morgan fingerprint density at radius 1 is 0.941 bits per heavy atom. The fourth-order valence-corrected chi connectivity index (χ4v) is 1.34. The molecule has 6 heteroatoms. The van der Waals surface area contributed by atoms with Crippen molar-refractivity contribution in [3.63, 3.8) is 0 Å². The molecule has 0 aromatic heterocycles. The zero-order valence-electron chi connectivity index (χ0n) is 10.5. The van der Waals surface area contributed by atoms with Gasteiger partial charge in [0.15, 0.2) is 0 Å². The molecular weight excluding hydrogens is 220 g/mol. The van der Waals surface area contributed by atoms with Gasteiger partial charge in [-0.25, -0.2) is 0 Å². The number of quaternary nitrogens is 2. The van der Waals surface area contributed by atoms with Crippen LogP contribution in [0, 0.1) is 0 Å². The lowest BCUT2D eigenvalue weighted by molar-refractivity contribution is -0.384. The van der Waals surface area contributed by atoms with E-state index in [1.807, 2.05) is 9.80 Å². The van der Waals surface area contributed by atoms with Gasteiger partial charge in [-0.15, -0.1) is 0 Å². The second-order valence-corrected chi connectivity index (χ2v) is 3.93. The summed E-state index contributed by atoms with van der Waals surface area (Å²) in [4.78, 5) is 3.71. The van der Waals surface area contributed by atoms with E-state index in [0.717, 1.165) is 0 Å². The molecule has 0 rings (SSSR count). The van der Waals surface area contributed by atoms with Crippen LogP contribution in [-0.2, 0) is 0 Å². The number of aliphatic hydroxyl groups excluding tert-OH is 2. The molecule has 0 aliphatic carbocycles. The maximum absolute atomic E-state index is 9.52. The lowest BCUT2D eigenvalue weighted by Gasteiger charge is -2.30. The van der Waals surface area contributed by atoms with Crippen LogP contribution in [0.2, 0.25) is 0 Å². The highest BCUT2D eigenvalue weighted by molar-refractivity contribution is 4.79. The van der Waals surface area contributed by atoms with Gasteiger partial charge in [-0.3, -0.25) is 0 Å². The van der Waals surface area contributed by atoms with E-state index in [0.29, 0.717) is 32.8 Å². The first-order valence-electron chi connectivity index (χ1n) is 5.75. The van der Waals surface area contributed by atoms with Crippen LogP contribution in [0.15, 0.2) is 25.6 Å². The van der Waals surface area contributed by atoms with Gasteiger partial charge in [0.1, 0.15) is 25.3 Å². The van der Waals surface area contributed by atoms with E-state index >= 15 is 0 Å². The second kappa shape index (κ2) is 9.00. The molecule has 0 bridgehead atoms. The monoisotopic (exact) mass is 246 g/mol. The first-order valence-corrected chi connectivity index (χ1v) is 5.75. The molecule has 0 aromatic carbocycles. The minimum atomic E-state index is -0.475. The third-order valence-corrected chi connectivity index (χ3v) is 2.44. The van der Waals surface area contributed by atoms with Crippen molar-refractivity contribution >= 4 is 0 Å². The van der Waals surface area contributed by atoms with Gasteiger partial charge in [0.2, 0.25) is 0 Å². The highest BCUT2D eigenvalue weighted by atomic mass is 16.3. The Morgan fingerprint density at radius 2 is 1.29 bits per heavy atom. The smallest absolute Gasteiger partial charge is 0.120 e. The topological polar surface area (TPSA) is 102 Å². The first kappa shape index (κ1) is 15.9. The molecule has 0 spiro atoms. The van der Waals surface area contributed by atoms with Gasteiger partial charge in [0, 0.05) is 0 Å². The fourth-order valence-electron chi connectivity index (χ4n) is 1.34. The second-order valence-electron chi connectivity index (χ2n) is 3.93. The van der Waals surface area contributed by atoms with Crippen molar-refractivity contribution in [1.29, 1.82) is 0 Å². The van der Waals surface area contributed by atoms with Crippen LogP contribution in [0.5, 0.6) is 0 Å². The predicted octanol–water partition coefficient (Wildman–Crippen LogP) is -2.96. The summed E-state index contributed by atoms with van der Waals surface area (Å²) in [6.07, 6.45) is 2.37. The molecule has 0 saturated carbocycles. The third kappa shape index (κ3) is 6.96. The molecule has 0 aromatic rings. The summed E-state index contributed by atoms with van der Waals surface area (Å²) >= 11 is 0. The van der Waals surface area contributed by atoms with Crippen molar-refractivity contribution in [3.8, 4) is 0 Å². The number of hydrogen-bond acceptors (Lipinski definition) is 4. The SMILES string of the molecule is C=CN(CC(O)C[NH3+])CN(C=C)CC(O)C[NH3+]. The van der Waals surface area contributed by atoms with Crippen molar-refractivity contribution in [2.24, 2.45) is 0 Å². The quantitative estimate of drug-likeness (QED) is 0.309. The zero-order chi connectivity index (χ0) is 13.3. The van der Waals surface area contributed by atoms with E-state index in [1.165, 1.54) is 0 Å². The Kier molecular flexibility index (Phi) is 8.43. The summed E-state index contributed by atoms with van der Waals surface area (Å²) < 4.78 is 0. The van der Waals surface area contributed by atoms with Crippen LogP contribution in [0.4, 0.5) is 0 Å². The van der Waals surface area contributed by atoms with Gasteiger partial charge in [0.25, 0.3) is 0 Å². The fraction of sp³-hybridized carbons (Fsp3) is 0.636. The van der Waals surface area contributed by atoms with Crippen molar-refractivity contribution in [2.45, 2.75) is 12.2 Å². The standard InChI is InChI=1S/C11H24N4O2/c1-3-14(7-10(16)5-12)9-15(4-2)8-11(17)6-13/h3-4,10-11,16-17H,1-2,5-9,12-13H2/p+2. The molecule has 0 amide bonds. The number of rotatable bonds is 10. The Bertz CT molecular complexity index is 204. The zero-order valence-corrected chi connectivity index (χ0v) is 10.5. The van der Waals surface area contributed by atoms with Gasteiger partial charge in [-0.05, 0) is 12.4 Å². The maximum Gasteiger partial charge on any atom is 0.120 e. The number of aliphatic hydroxyl groups is 2. The van der Waals surface area contributed by atoms with Gasteiger partial charge < -0.3 is 31.5 Å². The molecule has 0 radical (unpaired) electrons. The number of nitrogens with zero attached hydrogens (tertiary/aromatic N) is 2. The van der Waals surface area contributed by atoms with E-state index in [4.69, 9.17) is 0 Å². The van der Waals surface area contributed by atoms with E-state index in [1.54, 1.807) is 12.4 Å². The molecule has 100 valence electrons. The van der Waals surface area contributed by atoms with Crippen LogP contribution in [0.25, 0.3) is 0 Å². The van der Waals surface area contributed by atoms with Crippen molar-refractivity contribution in [1.82, 2.24) is 9.80 Å². The molecule has 2 unspecified atom stereocenters. The van der Waals surface area contributed by atoms with Crippen molar-refractivity contribution in [3.05, 3.63) is 25.6 Å². The largest absolute Gasteiger partial charge is 0.385 e. The lowest BCUT2D eigenvalue weighted by atomic mass is 10.3. The minimum Gasteiger partial charge on any atom is -0.385 e. The van der Waals surface area contributed by atoms with E-state index in [9.17, 15) is 10.2 Å². The van der Waals surface area contributed by atoms with E-state index in [-0.39, 0.29) is 0 Å². The molecule has 17 heavy (non-hydrogen) atoms. The Morgan fingerprint density at radius 3 is 1.53 bits per heavy atom. The van der Waals surface area contributed by atoms with Crippen LogP contribution >= 0.6 is 0 Å². The van der Waals surface area contributed by atoms with Gasteiger partial charge in [0.05, 0.1) is 19.8 Å². The van der Waals surface area contributed by atoms with Gasteiger partial charge in [-0.2, -0.15) is 0 Å². The summed E-state index contributed by atoms with van der Waals surface area (Å²) in [5, 5.41) is 19.0. The van der Waals surface area contributed by atoms with Crippen LogP contribution in [-0.4, -0.2) is 65.1 Å². The van der Waals surface area contributed by atoms with Crippen LogP contribution in [0.3, 0.4) is 0 Å². The van der Waals surface area contributed by atoms with Gasteiger partial charge in [-0.1, -0.05) is 13.2 Å². The van der Waals surface area contributed by atoms with Crippen LogP contribution in [0.1, 0.15) is 0 Å². The Hall–Kier alpha value is -1.08. The summed E-state index contributed by atoms with van der Waals surface area (Å²) in [5.74, 6) is 0. The molecule has 0 aliphatic rings. The molecule has 0 aliphatic heterocycles. The lowest BCUT2D eigenvalue weighted by Crippen LogP contribution is -2.58. The minimum absolute atomic E-state index is 0.458. The first-order chi connectivity index (χ1) is 8.07. The molecule has 6 nitrogen and oxygen atoms in total. The number of hydrogen-bond donors (Lipinski definition) is 4. The highest BCUT2D eigenvalue weighted by Gasteiger charge is 2.13. The van der Waals surface area contributed by atoms with Crippen molar-refractivity contribution in [2.75, 3.05) is 32.8 Å². The average molecular weight is 246 g/mol. The molecule has 8 N–H and O–H groups in total. The molecule has 0 saturated heterocycles.